The zero-order valence-electron chi connectivity index (χ0n) is 16.3. The molecule has 3 aromatic carbocycles. The lowest BCUT2D eigenvalue weighted by Crippen LogP contribution is -2.09. The Bertz CT molecular complexity index is 1220. The molecule has 0 aliphatic rings. The molecule has 0 heterocycles. The van der Waals surface area contributed by atoms with Crippen LogP contribution in [-0.4, -0.2) is 25.5 Å². The summed E-state index contributed by atoms with van der Waals surface area (Å²) in [5.41, 5.74) is 1.84. The van der Waals surface area contributed by atoms with Crippen LogP contribution in [0.15, 0.2) is 82.7 Å². The van der Waals surface area contributed by atoms with Crippen LogP contribution in [0.4, 0.5) is 17.1 Å². The highest BCUT2D eigenvalue weighted by Crippen LogP contribution is 2.22. The van der Waals surface area contributed by atoms with Crippen LogP contribution in [0.1, 0.15) is 12.5 Å². The third kappa shape index (κ3) is 5.97. The summed E-state index contributed by atoms with van der Waals surface area (Å²) in [6.45, 7) is 1.43. The van der Waals surface area contributed by atoms with Gasteiger partial charge in [0.2, 0.25) is 5.91 Å². The van der Waals surface area contributed by atoms with Crippen molar-refractivity contribution in [1.82, 2.24) is 0 Å². The van der Waals surface area contributed by atoms with E-state index in [1.54, 1.807) is 42.6 Å². The summed E-state index contributed by atoms with van der Waals surface area (Å²) in [6.07, 6.45) is 1.60. The number of nitrogens with zero attached hydrogens (tertiary/aromatic N) is 2. The lowest BCUT2D eigenvalue weighted by molar-refractivity contribution is -0.384. The van der Waals surface area contributed by atoms with Crippen molar-refractivity contribution in [2.75, 3.05) is 5.32 Å². The van der Waals surface area contributed by atoms with Crippen molar-refractivity contribution in [3.8, 4) is 5.75 Å². The van der Waals surface area contributed by atoms with E-state index in [4.69, 9.17) is 4.18 Å². The first kappa shape index (κ1) is 21.7. The van der Waals surface area contributed by atoms with Gasteiger partial charge in [0, 0.05) is 31.0 Å². The van der Waals surface area contributed by atoms with Gasteiger partial charge < -0.3 is 9.50 Å². The number of amides is 1. The van der Waals surface area contributed by atoms with Gasteiger partial charge in [0.15, 0.2) is 0 Å². The molecule has 0 fully saturated rings. The van der Waals surface area contributed by atoms with Crippen LogP contribution in [0.5, 0.6) is 5.75 Å². The van der Waals surface area contributed by atoms with Crippen LogP contribution in [0.3, 0.4) is 0 Å². The second kappa shape index (κ2) is 9.18. The number of nitrogens with one attached hydrogen (secondary N) is 1. The molecule has 0 aliphatic heterocycles. The summed E-state index contributed by atoms with van der Waals surface area (Å²) in [7, 11) is -4.12. The van der Waals surface area contributed by atoms with Gasteiger partial charge in [-0.05, 0) is 66.2 Å². The number of carbonyl (C=O) groups is 1. The average Bonchev–Trinajstić information content (AvgIpc) is 2.74. The third-order valence-electron chi connectivity index (χ3n) is 3.97. The first-order valence-electron chi connectivity index (χ1n) is 8.94. The Morgan fingerprint density at radius 2 is 1.61 bits per heavy atom. The van der Waals surface area contributed by atoms with Crippen LogP contribution in [-0.2, 0) is 14.9 Å². The molecule has 1 amide bonds. The number of rotatable bonds is 7. The molecular formula is C21H17N3O6S. The lowest BCUT2D eigenvalue weighted by atomic mass is 10.2. The fourth-order valence-electron chi connectivity index (χ4n) is 2.50. The summed E-state index contributed by atoms with van der Waals surface area (Å²) >= 11 is 0. The number of carbonyl (C=O) groups excluding carboxylic acids is 1. The molecule has 0 aliphatic carbocycles. The van der Waals surface area contributed by atoms with Crippen molar-refractivity contribution >= 4 is 39.3 Å². The number of nitro groups is 1. The van der Waals surface area contributed by atoms with Gasteiger partial charge in [-0.3, -0.25) is 19.9 Å². The lowest BCUT2D eigenvalue weighted by Gasteiger charge is -2.07. The second-order valence-corrected chi connectivity index (χ2v) is 7.89. The van der Waals surface area contributed by atoms with Gasteiger partial charge in [-0.2, -0.15) is 8.42 Å². The molecule has 1 N–H and O–H groups in total. The Kier molecular flexibility index (Phi) is 6.41. The molecule has 0 unspecified atom stereocenters. The number of aliphatic imine (C=N–C) groups is 1. The molecule has 0 saturated carbocycles. The summed E-state index contributed by atoms with van der Waals surface area (Å²) in [5, 5.41) is 13.3. The van der Waals surface area contributed by atoms with E-state index in [0.29, 0.717) is 16.9 Å². The van der Waals surface area contributed by atoms with Gasteiger partial charge in [0.05, 0.1) is 10.6 Å². The predicted octanol–water partition coefficient (Wildman–Crippen LogP) is 4.07. The Hall–Kier alpha value is -4.05. The van der Waals surface area contributed by atoms with Gasteiger partial charge in [-0.15, -0.1) is 0 Å². The van der Waals surface area contributed by atoms with E-state index in [9.17, 15) is 23.3 Å². The van der Waals surface area contributed by atoms with E-state index < -0.39 is 15.0 Å². The van der Waals surface area contributed by atoms with E-state index in [-0.39, 0.29) is 22.2 Å². The number of anilines is 1. The maximum Gasteiger partial charge on any atom is 0.339 e. The standard InChI is InChI=1S/C21H17N3O6S/c1-15(25)23-18-6-4-17(5-7-18)22-14-16-2-10-20(11-3-16)30-31(28,29)21-12-8-19(9-13-21)24(26)27/h2-14H,1H3,(H,23,25). The zero-order valence-corrected chi connectivity index (χ0v) is 17.1. The van der Waals surface area contributed by atoms with E-state index in [2.05, 4.69) is 10.3 Å². The second-order valence-electron chi connectivity index (χ2n) is 6.34. The largest absolute Gasteiger partial charge is 0.379 e. The summed E-state index contributed by atoms with van der Waals surface area (Å²) in [4.78, 5) is 25.2. The van der Waals surface area contributed by atoms with Crippen molar-refractivity contribution in [3.05, 3.63) is 88.5 Å². The van der Waals surface area contributed by atoms with Crippen LogP contribution in [0.2, 0.25) is 0 Å². The Morgan fingerprint density at radius 1 is 1.00 bits per heavy atom. The minimum Gasteiger partial charge on any atom is -0.379 e. The number of hydrogen-bond acceptors (Lipinski definition) is 7. The minimum absolute atomic E-state index is 0.0927. The number of non-ortho nitro benzene ring substituents is 1. The highest BCUT2D eigenvalue weighted by atomic mass is 32.2. The van der Waals surface area contributed by atoms with Gasteiger partial charge in [0.1, 0.15) is 10.6 Å². The quantitative estimate of drug-likeness (QED) is 0.256. The summed E-state index contributed by atoms with van der Waals surface area (Å²) in [5.74, 6) is -0.0654. The van der Waals surface area contributed by atoms with Crippen molar-refractivity contribution in [2.24, 2.45) is 4.99 Å². The SMILES string of the molecule is CC(=O)Nc1ccc(N=Cc2ccc(OS(=O)(=O)c3ccc([N+](=O)[O-])cc3)cc2)cc1. The monoisotopic (exact) mass is 439 g/mol. The topological polar surface area (TPSA) is 128 Å². The van der Waals surface area contributed by atoms with Gasteiger partial charge in [0.25, 0.3) is 5.69 Å². The Balaban J connectivity index is 1.66. The fraction of sp³-hybridized carbons (Fsp3) is 0.0476. The van der Waals surface area contributed by atoms with Crippen molar-refractivity contribution < 1.29 is 22.3 Å². The first-order chi connectivity index (χ1) is 14.7. The van der Waals surface area contributed by atoms with Crippen LogP contribution in [0, 0.1) is 10.1 Å². The number of benzene rings is 3. The summed E-state index contributed by atoms with van der Waals surface area (Å²) in [6, 6.07) is 17.6. The molecule has 0 atom stereocenters. The van der Waals surface area contributed by atoms with Crippen molar-refractivity contribution in [2.45, 2.75) is 11.8 Å². The average molecular weight is 439 g/mol. The molecule has 31 heavy (non-hydrogen) atoms. The van der Waals surface area contributed by atoms with Crippen molar-refractivity contribution in [1.29, 1.82) is 0 Å². The molecule has 158 valence electrons. The minimum atomic E-state index is -4.12. The molecule has 0 radical (unpaired) electrons. The smallest absolute Gasteiger partial charge is 0.339 e. The number of nitro benzene ring substituents is 1. The third-order valence-corrected chi connectivity index (χ3v) is 5.23. The van der Waals surface area contributed by atoms with Gasteiger partial charge in [-0.25, -0.2) is 0 Å². The molecular weight excluding hydrogens is 422 g/mol. The maximum atomic E-state index is 12.3. The molecule has 9 nitrogen and oxygen atoms in total. The molecule has 3 rings (SSSR count). The number of hydrogen-bond donors (Lipinski definition) is 1. The molecule has 0 bridgehead atoms. The molecule has 3 aromatic rings. The molecule has 0 saturated heterocycles. The fourth-order valence-corrected chi connectivity index (χ4v) is 3.43. The predicted molar refractivity (Wildman–Crippen MR) is 115 cm³/mol. The molecule has 0 aromatic heterocycles. The van der Waals surface area contributed by atoms with E-state index >= 15 is 0 Å². The zero-order chi connectivity index (χ0) is 22.4. The Labute approximate surface area is 178 Å². The van der Waals surface area contributed by atoms with Crippen molar-refractivity contribution in [3.63, 3.8) is 0 Å². The summed E-state index contributed by atoms with van der Waals surface area (Å²) < 4.78 is 29.7. The van der Waals surface area contributed by atoms with Crippen LogP contribution in [0.25, 0.3) is 0 Å². The van der Waals surface area contributed by atoms with E-state index in [1.165, 1.54) is 19.1 Å². The first-order valence-corrected chi connectivity index (χ1v) is 10.3. The van der Waals surface area contributed by atoms with Gasteiger partial charge >= 0.3 is 10.1 Å². The highest BCUT2D eigenvalue weighted by molar-refractivity contribution is 7.87. The highest BCUT2D eigenvalue weighted by Gasteiger charge is 2.18. The normalized spacial score (nSPS) is 11.3. The van der Waals surface area contributed by atoms with E-state index in [1.807, 2.05) is 0 Å². The molecule has 10 heteroatoms. The molecule has 0 spiro atoms. The Morgan fingerprint density at radius 3 is 2.16 bits per heavy atom. The van der Waals surface area contributed by atoms with Crippen LogP contribution < -0.4 is 9.50 Å². The van der Waals surface area contributed by atoms with E-state index in [0.717, 1.165) is 24.3 Å². The van der Waals surface area contributed by atoms with Crippen LogP contribution >= 0.6 is 0 Å². The van der Waals surface area contributed by atoms with Gasteiger partial charge in [-0.1, -0.05) is 0 Å². The maximum absolute atomic E-state index is 12.3.